The standard InChI is InChI=1S/C20H24N2O5S/c1-13-5-7-17(11-14(13)2)22(28(4,24)25)15(3)20(23)21-16-6-8-18-19(12-16)27-10-9-26-18/h5-8,11-12,15H,9-10H2,1-4H3,(H,21,23). The second-order valence-electron chi connectivity index (χ2n) is 6.85. The molecule has 0 saturated heterocycles. The molecule has 8 heteroatoms. The normalized spacial score (nSPS) is 14.3. The zero-order valence-electron chi connectivity index (χ0n) is 16.4. The Morgan fingerprint density at radius 2 is 1.71 bits per heavy atom. The van der Waals surface area contributed by atoms with Crippen LogP contribution in [-0.2, 0) is 14.8 Å². The average Bonchev–Trinajstić information content (AvgIpc) is 2.63. The van der Waals surface area contributed by atoms with Gasteiger partial charge in [-0.3, -0.25) is 9.10 Å². The Kier molecular flexibility index (Phi) is 5.51. The molecular formula is C20H24N2O5S. The van der Waals surface area contributed by atoms with Crippen LogP contribution < -0.4 is 19.1 Å². The Balaban J connectivity index is 1.85. The zero-order chi connectivity index (χ0) is 20.5. The van der Waals surface area contributed by atoms with Crippen LogP contribution in [0.25, 0.3) is 0 Å². The highest BCUT2D eigenvalue weighted by molar-refractivity contribution is 7.92. The molecule has 7 nitrogen and oxygen atoms in total. The summed E-state index contributed by atoms with van der Waals surface area (Å²) in [6, 6.07) is 9.45. The quantitative estimate of drug-likeness (QED) is 0.828. The number of hydrogen-bond acceptors (Lipinski definition) is 5. The first kappa shape index (κ1) is 20.0. The maximum absolute atomic E-state index is 12.8. The summed E-state index contributed by atoms with van der Waals surface area (Å²) in [4.78, 5) is 12.8. The number of fused-ring (bicyclic) bond motifs is 1. The Morgan fingerprint density at radius 3 is 2.36 bits per heavy atom. The Labute approximate surface area is 165 Å². The van der Waals surface area contributed by atoms with Gasteiger partial charge in [-0.05, 0) is 56.2 Å². The van der Waals surface area contributed by atoms with E-state index < -0.39 is 22.0 Å². The second kappa shape index (κ2) is 7.71. The number of hydrogen-bond donors (Lipinski definition) is 1. The van der Waals surface area contributed by atoms with Crippen molar-refractivity contribution >= 4 is 27.3 Å². The molecule has 2 aromatic carbocycles. The van der Waals surface area contributed by atoms with E-state index >= 15 is 0 Å². The second-order valence-corrected chi connectivity index (χ2v) is 8.71. The number of nitrogens with one attached hydrogen (secondary N) is 1. The number of carbonyl (C=O) groups excluding carboxylic acids is 1. The molecule has 1 aliphatic heterocycles. The van der Waals surface area contributed by atoms with Gasteiger partial charge in [0, 0.05) is 11.8 Å². The molecule has 28 heavy (non-hydrogen) atoms. The fourth-order valence-electron chi connectivity index (χ4n) is 3.04. The topological polar surface area (TPSA) is 84.9 Å². The lowest BCUT2D eigenvalue weighted by Gasteiger charge is -2.29. The van der Waals surface area contributed by atoms with Gasteiger partial charge in [-0.25, -0.2) is 8.42 Å². The predicted molar refractivity (Wildman–Crippen MR) is 109 cm³/mol. The summed E-state index contributed by atoms with van der Waals surface area (Å²) in [5.74, 6) is 0.719. The molecule has 2 aromatic rings. The van der Waals surface area contributed by atoms with E-state index in [1.807, 2.05) is 19.9 Å². The van der Waals surface area contributed by atoms with Crippen molar-refractivity contribution in [2.45, 2.75) is 26.8 Å². The first-order valence-electron chi connectivity index (χ1n) is 8.94. The molecule has 1 amide bonds. The third-order valence-corrected chi connectivity index (χ3v) is 5.88. The summed E-state index contributed by atoms with van der Waals surface area (Å²) in [7, 11) is -3.67. The van der Waals surface area contributed by atoms with Crippen LogP contribution in [0.1, 0.15) is 18.1 Å². The number of benzene rings is 2. The summed E-state index contributed by atoms with van der Waals surface area (Å²) in [5.41, 5.74) is 2.96. The smallest absolute Gasteiger partial charge is 0.247 e. The number of rotatable bonds is 5. The Bertz CT molecular complexity index is 1000. The summed E-state index contributed by atoms with van der Waals surface area (Å²) in [6.07, 6.45) is 1.09. The number of carbonyl (C=O) groups is 1. The van der Waals surface area contributed by atoms with Gasteiger partial charge in [0.15, 0.2) is 11.5 Å². The molecule has 1 unspecified atom stereocenters. The molecule has 1 N–H and O–H groups in total. The number of ether oxygens (including phenoxy) is 2. The number of sulfonamides is 1. The van der Waals surface area contributed by atoms with Crippen LogP contribution in [0.2, 0.25) is 0 Å². The van der Waals surface area contributed by atoms with Crippen molar-refractivity contribution in [3.63, 3.8) is 0 Å². The van der Waals surface area contributed by atoms with Crippen molar-refractivity contribution in [3.8, 4) is 11.5 Å². The van der Waals surface area contributed by atoms with Crippen LogP contribution >= 0.6 is 0 Å². The highest BCUT2D eigenvalue weighted by Gasteiger charge is 2.29. The van der Waals surface area contributed by atoms with Crippen LogP contribution in [-0.4, -0.2) is 39.8 Å². The molecule has 3 rings (SSSR count). The van der Waals surface area contributed by atoms with E-state index in [9.17, 15) is 13.2 Å². The summed E-state index contributed by atoms with van der Waals surface area (Å²) < 4.78 is 37.0. The highest BCUT2D eigenvalue weighted by Crippen LogP contribution is 2.33. The van der Waals surface area contributed by atoms with Gasteiger partial charge in [-0.2, -0.15) is 0 Å². The summed E-state index contributed by atoms with van der Waals surface area (Å²) >= 11 is 0. The van der Waals surface area contributed by atoms with Gasteiger partial charge in [0.2, 0.25) is 15.9 Å². The summed E-state index contributed by atoms with van der Waals surface area (Å²) in [5, 5.41) is 2.76. The molecule has 1 aliphatic rings. The minimum atomic E-state index is -3.67. The monoisotopic (exact) mass is 404 g/mol. The third-order valence-electron chi connectivity index (χ3n) is 4.64. The van der Waals surface area contributed by atoms with Crippen LogP contribution in [0, 0.1) is 13.8 Å². The van der Waals surface area contributed by atoms with Crippen molar-refractivity contribution in [2.24, 2.45) is 0 Å². The lowest BCUT2D eigenvalue weighted by molar-refractivity contribution is -0.116. The number of anilines is 2. The largest absolute Gasteiger partial charge is 0.486 e. The van der Waals surface area contributed by atoms with Crippen LogP contribution in [0.5, 0.6) is 11.5 Å². The van der Waals surface area contributed by atoms with E-state index in [0.717, 1.165) is 21.7 Å². The molecule has 1 atom stereocenters. The fourth-order valence-corrected chi connectivity index (χ4v) is 4.21. The first-order chi connectivity index (χ1) is 13.2. The minimum absolute atomic E-state index is 0.440. The molecule has 1 heterocycles. The van der Waals surface area contributed by atoms with Crippen LogP contribution in [0.15, 0.2) is 36.4 Å². The zero-order valence-corrected chi connectivity index (χ0v) is 17.2. The van der Waals surface area contributed by atoms with Gasteiger partial charge in [-0.15, -0.1) is 0 Å². The maximum Gasteiger partial charge on any atom is 0.247 e. The number of nitrogens with zero attached hydrogens (tertiary/aromatic N) is 1. The average molecular weight is 404 g/mol. The lowest BCUT2D eigenvalue weighted by atomic mass is 10.1. The fraction of sp³-hybridized carbons (Fsp3) is 0.350. The Morgan fingerprint density at radius 1 is 1.04 bits per heavy atom. The van der Waals surface area contributed by atoms with E-state index in [0.29, 0.717) is 36.1 Å². The van der Waals surface area contributed by atoms with Crippen molar-refractivity contribution < 1.29 is 22.7 Å². The van der Waals surface area contributed by atoms with Gasteiger partial charge in [0.05, 0.1) is 11.9 Å². The van der Waals surface area contributed by atoms with E-state index in [-0.39, 0.29) is 0 Å². The Hall–Kier alpha value is -2.74. The molecule has 0 spiro atoms. The molecule has 0 aliphatic carbocycles. The maximum atomic E-state index is 12.8. The van der Waals surface area contributed by atoms with Gasteiger partial charge >= 0.3 is 0 Å². The molecular weight excluding hydrogens is 380 g/mol. The van der Waals surface area contributed by atoms with Crippen LogP contribution in [0.3, 0.4) is 0 Å². The van der Waals surface area contributed by atoms with Crippen molar-refractivity contribution in [1.82, 2.24) is 0 Å². The minimum Gasteiger partial charge on any atom is -0.486 e. The molecule has 0 aromatic heterocycles. The van der Waals surface area contributed by atoms with Gasteiger partial charge in [0.1, 0.15) is 19.3 Å². The van der Waals surface area contributed by atoms with Crippen molar-refractivity contribution in [2.75, 3.05) is 29.1 Å². The van der Waals surface area contributed by atoms with E-state index in [1.165, 1.54) is 0 Å². The van der Waals surface area contributed by atoms with E-state index in [1.54, 1.807) is 37.3 Å². The van der Waals surface area contributed by atoms with Gasteiger partial charge in [0.25, 0.3) is 0 Å². The third kappa shape index (κ3) is 4.22. The summed E-state index contributed by atoms with van der Waals surface area (Å²) in [6.45, 7) is 6.33. The molecule has 0 fully saturated rings. The molecule has 0 saturated carbocycles. The molecule has 150 valence electrons. The number of amides is 1. The van der Waals surface area contributed by atoms with E-state index in [2.05, 4.69) is 5.32 Å². The van der Waals surface area contributed by atoms with Crippen molar-refractivity contribution in [1.29, 1.82) is 0 Å². The van der Waals surface area contributed by atoms with Gasteiger partial charge < -0.3 is 14.8 Å². The lowest BCUT2D eigenvalue weighted by Crippen LogP contribution is -2.45. The van der Waals surface area contributed by atoms with Crippen LogP contribution in [0.4, 0.5) is 11.4 Å². The SMILES string of the molecule is Cc1ccc(N(C(C)C(=O)Nc2ccc3c(c2)OCCO3)S(C)(=O)=O)cc1C. The van der Waals surface area contributed by atoms with Gasteiger partial charge in [-0.1, -0.05) is 6.07 Å². The first-order valence-corrected chi connectivity index (χ1v) is 10.8. The van der Waals surface area contributed by atoms with Crippen molar-refractivity contribution in [3.05, 3.63) is 47.5 Å². The van der Waals surface area contributed by atoms with E-state index in [4.69, 9.17) is 9.47 Å². The number of aryl methyl sites for hydroxylation is 2. The predicted octanol–water partition coefficient (Wildman–Crippen LogP) is 2.87. The molecule has 0 radical (unpaired) electrons. The molecule has 0 bridgehead atoms. The highest BCUT2D eigenvalue weighted by atomic mass is 32.2.